The third-order valence-corrected chi connectivity index (χ3v) is 37.0. The number of ketones is 2. The van der Waals surface area contributed by atoms with Crippen LogP contribution in [0.3, 0.4) is 0 Å². The maximum Gasteiger partial charge on any atom is 0.406 e. The van der Waals surface area contributed by atoms with Gasteiger partial charge in [-0.2, -0.15) is 0 Å². The number of amides is 3. The van der Waals surface area contributed by atoms with Gasteiger partial charge in [0.15, 0.2) is 0 Å². The summed E-state index contributed by atoms with van der Waals surface area (Å²) in [6.45, 7) is 75.8. The number of carbonyl (C=O) groups excluding carboxylic acids is 5. The van der Waals surface area contributed by atoms with Crippen LogP contribution in [-0.4, -0.2) is 247 Å². The first-order chi connectivity index (χ1) is 64.2. The van der Waals surface area contributed by atoms with Crippen LogP contribution in [0, 0.1) is 0 Å². The Bertz CT molecular complexity index is 5000. The number of methoxy groups -OCH3 is 2. The number of rotatable bonds is 21. The zero-order chi connectivity index (χ0) is 100. The Kier molecular flexibility index (Phi) is 39.0. The molecule has 26 nitrogen and oxygen atoms in total. The maximum absolute atomic E-state index is 11.5. The number of thiocarbonyl (C=S) groups is 1. The van der Waals surface area contributed by atoms with Gasteiger partial charge in [-0.3, -0.25) is 48.7 Å². The summed E-state index contributed by atoms with van der Waals surface area (Å²) in [5.41, 5.74) is 10.2. The number of fused-ring (bicyclic) bond motifs is 13. The smallest absolute Gasteiger partial charge is 0.406 e. The minimum Gasteiger partial charge on any atom is -0.453 e. The van der Waals surface area contributed by atoms with E-state index in [1.807, 2.05) is 86.3 Å². The number of alkyl carbamates (subject to hydrolysis) is 2. The van der Waals surface area contributed by atoms with Gasteiger partial charge in [-0.05, 0) is 65.7 Å². The quantitative estimate of drug-likeness (QED) is 0.0384. The van der Waals surface area contributed by atoms with Crippen molar-refractivity contribution in [1.82, 2.24) is 90.5 Å². The summed E-state index contributed by atoms with van der Waals surface area (Å²) in [4.78, 5) is 118. The van der Waals surface area contributed by atoms with E-state index in [9.17, 15) is 24.0 Å². The molecule has 762 valence electrons. The molecule has 3 amide bonds. The Hall–Kier alpha value is -5.67. The third-order valence-electron chi connectivity index (χ3n) is 26.1. The second kappa shape index (κ2) is 47.9. The first-order valence-corrected chi connectivity index (χ1v) is 56.1. The van der Waals surface area contributed by atoms with Gasteiger partial charge in [-0.25, -0.2) is 44.5 Å². The predicted molar refractivity (Wildman–Crippen MR) is 568 cm³/mol. The van der Waals surface area contributed by atoms with Gasteiger partial charge in [0.25, 0.3) is 0 Å². The van der Waals surface area contributed by atoms with Crippen LogP contribution >= 0.6 is 91.6 Å². The van der Waals surface area contributed by atoms with Crippen molar-refractivity contribution in [3.63, 3.8) is 0 Å². The van der Waals surface area contributed by atoms with Gasteiger partial charge in [0.05, 0.1) is 114 Å². The number of thiazole rings is 7. The molecule has 1 saturated carbocycles. The van der Waals surface area contributed by atoms with Crippen molar-refractivity contribution in [1.29, 1.82) is 0 Å². The molecule has 1 aliphatic carbocycles. The molecule has 10 aliphatic rings. The average Bonchev–Trinajstić information content (AvgIpc) is 1.61. The summed E-state index contributed by atoms with van der Waals surface area (Å²) in [5, 5.41) is 20.4. The Labute approximate surface area is 853 Å². The van der Waals surface area contributed by atoms with E-state index >= 15 is 0 Å². The largest absolute Gasteiger partial charge is 0.453 e. The summed E-state index contributed by atoms with van der Waals surface area (Å²) in [6.07, 6.45) is 14.8. The lowest BCUT2D eigenvalue weighted by Gasteiger charge is -2.34. The molecule has 4 bridgehead atoms. The maximum atomic E-state index is 11.5. The van der Waals surface area contributed by atoms with Gasteiger partial charge in [-0.15, -0.1) is 79.4 Å². The minimum absolute atomic E-state index is 0.0468. The van der Waals surface area contributed by atoms with Crippen molar-refractivity contribution in [2.75, 3.05) is 126 Å². The van der Waals surface area contributed by atoms with Crippen LogP contribution in [0.5, 0.6) is 0 Å². The van der Waals surface area contributed by atoms with E-state index in [4.69, 9.17) is 51.8 Å². The highest BCUT2D eigenvalue weighted by atomic mass is 32.1. The van der Waals surface area contributed by atoms with Crippen LogP contribution in [0.4, 0.5) is 9.59 Å². The lowest BCUT2D eigenvalue weighted by Crippen LogP contribution is -2.47. The number of carbonyl (C=O) groups is 5. The van der Waals surface area contributed by atoms with Crippen LogP contribution in [0.15, 0.2) is 0 Å². The number of nitrogens with one attached hydrogen (secondary N) is 4. The summed E-state index contributed by atoms with van der Waals surface area (Å²) >= 11 is 18.1. The Morgan fingerprint density at radius 1 is 0.387 bits per heavy atom. The summed E-state index contributed by atoms with van der Waals surface area (Å²) in [6, 6.07) is 1.98. The third kappa shape index (κ3) is 31.7. The molecule has 34 heteroatoms. The van der Waals surface area contributed by atoms with Crippen molar-refractivity contribution in [2.24, 2.45) is 0 Å². The van der Waals surface area contributed by atoms with E-state index in [0.717, 1.165) is 187 Å². The van der Waals surface area contributed by atoms with E-state index in [2.05, 4.69) is 217 Å². The van der Waals surface area contributed by atoms with E-state index in [1.165, 1.54) is 149 Å². The fourth-order valence-corrected chi connectivity index (χ4v) is 26.9. The molecule has 0 radical (unpaired) electrons. The highest BCUT2D eigenvalue weighted by molar-refractivity contribution is 7.80. The van der Waals surface area contributed by atoms with Crippen LogP contribution in [0.1, 0.15) is 346 Å². The van der Waals surface area contributed by atoms with Gasteiger partial charge < -0.3 is 35.5 Å². The van der Waals surface area contributed by atoms with Crippen LogP contribution in [0.25, 0.3) is 0 Å². The first kappa shape index (κ1) is 112. The van der Waals surface area contributed by atoms with Crippen molar-refractivity contribution in [3.05, 3.63) is 109 Å². The molecular weight excluding hydrogens is 1870 g/mol. The number of hydrogen-bond acceptors (Lipinski definition) is 30. The normalized spacial score (nSPS) is 19.7. The van der Waals surface area contributed by atoms with Crippen molar-refractivity contribution >= 4 is 126 Å². The van der Waals surface area contributed by atoms with Gasteiger partial charge in [0.1, 0.15) is 11.6 Å². The minimum atomic E-state index is -0.365. The molecule has 0 aromatic carbocycles. The second-order valence-electron chi connectivity index (χ2n) is 45.8. The molecule has 2 saturated heterocycles. The molecule has 3 fully saturated rings. The summed E-state index contributed by atoms with van der Waals surface area (Å²) < 4.78 is 14.8. The zero-order valence-electron chi connectivity index (χ0n) is 88.1. The van der Waals surface area contributed by atoms with Crippen molar-refractivity contribution < 1.29 is 38.2 Å². The molecule has 4 atom stereocenters. The fraction of sp³-hybridized carbons (Fsp3) is 0.738. The molecule has 17 rings (SSSR count). The Balaban J connectivity index is 0.000000153. The monoisotopic (exact) mass is 2040 g/mol. The van der Waals surface area contributed by atoms with Gasteiger partial charge in [0.2, 0.25) is 5.91 Å². The van der Waals surface area contributed by atoms with E-state index < -0.39 is 0 Å². The van der Waals surface area contributed by atoms with E-state index in [0.29, 0.717) is 50.3 Å². The number of aromatic nitrogens is 7. The Morgan fingerprint density at radius 3 is 1.01 bits per heavy atom. The molecular formula is C103H164N18O8S8. The number of Topliss-reactive ketones (excluding diaryl/α,β-unsaturated/α-hetero) is 2. The molecule has 16 heterocycles. The van der Waals surface area contributed by atoms with Crippen LogP contribution in [0.2, 0.25) is 0 Å². The second-order valence-corrected chi connectivity index (χ2v) is 53.9. The van der Waals surface area contributed by atoms with E-state index in [1.54, 1.807) is 20.8 Å². The van der Waals surface area contributed by atoms with Gasteiger partial charge in [0, 0.05) is 278 Å². The van der Waals surface area contributed by atoms with Gasteiger partial charge in [-0.1, -0.05) is 165 Å². The van der Waals surface area contributed by atoms with Gasteiger partial charge >= 0.3 is 12.2 Å². The first-order valence-electron chi connectivity index (χ1n) is 50.0. The lowest BCUT2D eigenvalue weighted by molar-refractivity contribution is -0.119. The van der Waals surface area contributed by atoms with Crippen LogP contribution < -0.4 is 21.3 Å². The lowest BCUT2D eigenvalue weighted by atomic mass is 9.98. The molecule has 9 aliphatic heterocycles. The van der Waals surface area contributed by atoms with E-state index in [-0.39, 0.29) is 73.1 Å². The average molecular weight is 2040 g/mol. The molecule has 7 aromatic rings. The predicted octanol–water partition coefficient (Wildman–Crippen LogP) is 18.9. The number of hydrogen-bond donors (Lipinski definition) is 4. The molecule has 137 heavy (non-hydrogen) atoms. The van der Waals surface area contributed by atoms with Crippen molar-refractivity contribution in [3.8, 4) is 0 Å². The Morgan fingerprint density at radius 2 is 0.693 bits per heavy atom. The SMILES string of the molecule is CC(=O)CN1C2CCC1c1sc(C(C)(C)C)nc1C2.CC(=O)CN1C2CCC1c1sc(C(C)(C)C)nc1C2.CC(=O)NCCN1CCc2nc(C(C)(C)C)sc2C1.CC(=S)NCCN1CCc2nc(C(C)(C)C)sc2C1.CCCOCCN1CCc2nc(C(C)(C)C)sc2C1.COC(=O)NCC1(N2CCc3nc(C(C)(C)C)sc3C2)CC1.COC(=O)NCCN1CCc2nc(C(C)(C)C)sc2C1. The summed E-state index contributed by atoms with van der Waals surface area (Å²) in [5.74, 6) is 0.604. The molecule has 7 aromatic heterocycles. The van der Waals surface area contributed by atoms with Crippen LogP contribution in [-0.2, 0) is 144 Å². The highest BCUT2D eigenvalue weighted by Gasteiger charge is 2.50. The molecule has 0 spiro atoms. The zero-order valence-corrected chi connectivity index (χ0v) is 94.6. The highest BCUT2D eigenvalue weighted by Crippen LogP contribution is 2.51. The number of ether oxygens (including phenoxy) is 3. The fourth-order valence-electron chi connectivity index (χ4n) is 18.1. The van der Waals surface area contributed by atoms with Crippen molar-refractivity contribution in [2.45, 2.75) is 370 Å². The molecule has 4 unspecified atom stereocenters. The topological polar surface area (TPSA) is 274 Å². The standard InChI is InChI=1S/C16H25N3O2S.2C15H22N2OS.C15H26N2OS.C14H23N3O2S.C14H23N3OS.C14H23N3S2/c1-15(2,3)13-18-11-5-8-19(9-12(11)22-13)16(6-7-16)10-17-14(20)21-4;2*1-9(18)8-17-10-5-6-12(17)13-11(7-10)16-14(19-13)15(2,3)4;1-5-9-18-10-8-17-7-6-12-13(11-17)19-14(16-12)15(2,3)4;1-14(2,3)12-16-10-5-7-17(9-11(10)20-12)8-6-15-13(18)19-4;2*1-10(18)15-6-8-17-7-5-11-12(9-17)19-13(16-11)14(2,3)4/h5-10H2,1-4H3,(H,17,20);2*10,12H,5-8H2,1-4H3;5-11H2,1-4H3;5-9H2,1-4H3,(H,15,18);2*5-9H2,1-4H3,(H,15,18). The summed E-state index contributed by atoms with van der Waals surface area (Å²) in [7, 11) is 2.79. The number of nitrogens with zero attached hydrogens (tertiary/aromatic N) is 14. The molecule has 4 N–H and O–H groups in total.